The standard InChI is InChI=1S/C36H26/c1-22-11-13-26-21-30-27-9-5-3-7-24(27)14-17-31(30)36(33(26)19-22)32-18-15-25-8-4-6-10-28(25)35(32)29-16-12-23(2)20-34(29)36/h3-20H,21H2,1-2H3. The van der Waals surface area contributed by atoms with Gasteiger partial charge in [-0.15, -0.1) is 0 Å². The molecule has 0 saturated carbocycles. The predicted molar refractivity (Wildman–Crippen MR) is 151 cm³/mol. The molecule has 170 valence electrons. The lowest BCUT2D eigenvalue weighted by Gasteiger charge is -2.41. The van der Waals surface area contributed by atoms with Gasteiger partial charge in [0.2, 0.25) is 0 Å². The highest BCUT2D eigenvalue weighted by Gasteiger charge is 2.50. The normalized spacial score (nSPS) is 17.2. The molecule has 6 aromatic rings. The summed E-state index contributed by atoms with van der Waals surface area (Å²) in [6.45, 7) is 4.47. The minimum Gasteiger partial charge on any atom is -0.0616 e. The van der Waals surface area contributed by atoms with E-state index < -0.39 is 0 Å². The van der Waals surface area contributed by atoms with E-state index >= 15 is 0 Å². The molecule has 0 radical (unpaired) electrons. The Hall–Kier alpha value is -4.16. The summed E-state index contributed by atoms with van der Waals surface area (Å²) < 4.78 is 0. The van der Waals surface area contributed by atoms with Gasteiger partial charge in [0, 0.05) is 0 Å². The zero-order valence-electron chi connectivity index (χ0n) is 20.6. The van der Waals surface area contributed by atoms with Crippen LogP contribution in [0.25, 0.3) is 32.7 Å². The third-order valence-corrected chi connectivity index (χ3v) is 8.66. The quantitative estimate of drug-likeness (QED) is 0.213. The summed E-state index contributed by atoms with van der Waals surface area (Å²) in [6, 6.07) is 41.6. The highest BCUT2D eigenvalue weighted by Crippen LogP contribution is 2.61. The van der Waals surface area contributed by atoms with Crippen LogP contribution < -0.4 is 0 Å². The van der Waals surface area contributed by atoms with Gasteiger partial charge in [0.1, 0.15) is 0 Å². The van der Waals surface area contributed by atoms with Crippen molar-refractivity contribution in [1.29, 1.82) is 0 Å². The zero-order chi connectivity index (χ0) is 24.0. The summed E-state index contributed by atoms with van der Waals surface area (Å²) in [4.78, 5) is 0. The number of rotatable bonds is 0. The van der Waals surface area contributed by atoms with Crippen LogP contribution in [0, 0.1) is 13.8 Å². The van der Waals surface area contributed by atoms with Crippen LogP contribution in [0.15, 0.2) is 109 Å². The fourth-order valence-corrected chi connectivity index (χ4v) is 7.19. The van der Waals surface area contributed by atoms with Crippen LogP contribution in [0.4, 0.5) is 0 Å². The van der Waals surface area contributed by atoms with Gasteiger partial charge >= 0.3 is 0 Å². The minimum absolute atomic E-state index is 0.320. The molecule has 1 unspecified atom stereocenters. The summed E-state index contributed by atoms with van der Waals surface area (Å²) in [5, 5.41) is 5.35. The first-order valence-corrected chi connectivity index (χ1v) is 12.9. The third-order valence-electron chi connectivity index (χ3n) is 8.66. The summed E-state index contributed by atoms with van der Waals surface area (Å²) in [7, 11) is 0. The molecule has 6 aromatic carbocycles. The second-order valence-corrected chi connectivity index (χ2v) is 10.7. The SMILES string of the molecule is Cc1ccc2c(c1)C1(c3cc(C)ccc3-c3c1ccc1ccccc31)c1ccc3ccccc3c1C2. The van der Waals surface area contributed by atoms with Crippen LogP contribution in [0.1, 0.15) is 44.5 Å². The highest BCUT2D eigenvalue weighted by atomic mass is 14.5. The van der Waals surface area contributed by atoms with Crippen molar-refractivity contribution in [3.8, 4) is 11.1 Å². The van der Waals surface area contributed by atoms with Gasteiger partial charge in [-0.25, -0.2) is 0 Å². The zero-order valence-corrected chi connectivity index (χ0v) is 20.6. The molecular formula is C36H26. The van der Waals surface area contributed by atoms with Gasteiger partial charge < -0.3 is 0 Å². The van der Waals surface area contributed by atoms with Gasteiger partial charge in [0.25, 0.3) is 0 Å². The molecule has 0 N–H and O–H groups in total. The molecule has 0 fully saturated rings. The number of benzene rings is 6. The van der Waals surface area contributed by atoms with Crippen molar-refractivity contribution >= 4 is 21.5 Å². The highest BCUT2D eigenvalue weighted by molar-refractivity contribution is 6.05. The maximum absolute atomic E-state index is 2.46. The van der Waals surface area contributed by atoms with Gasteiger partial charge in [-0.2, -0.15) is 0 Å². The lowest BCUT2D eigenvalue weighted by Crippen LogP contribution is -2.34. The summed E-state index contributed by atoms with van der Waals surface area (Å²) >= 11 is 0. The fraction of sp³-hybridized carbons (Fsp3) is 0.111. The Morgan fingerprint density at radius 1 is 0.528 bits per heavy atom. The molecule has 0 nitrogen and oxygen atoms in total. The molecule has 2 aliphatic rings. The van der Waals surface area contributed by atoms with E-state index in [9.17, 15) is 0 Å². The number of hydrogen-bond donors (Lipinski definition) is 0. The van der Waals surface area contributed by atoms with Gasteiger partial charge in [0.05, 0.1) is 5.41 Å². The molecule has 2 aliphatic carbocycles. The first kappa shape index (κ1) is 20.1. The summed E-state index contributed by atoms with van der Waals surface area (Å²) in [5.41, 5.74) is 13.7. The van der Waals surface area contributed by atoms with Crippen LogP contribution in [0.5, 0.6) is 0 Å². The third kappa shape index (κ3) is 2.39. The van der Waals surface area contributed by atoms with E-state index in [0.717, 1.165) is 6.42 Å². The van der Waals surface area contributed by atoms with Crippen molar-refractivity contribution in [1.82, 2.24) is 0 Å². The second-order valence-electron chi connectivity index (χ2n) is 10.7. The lowest BCUT2D eigenvalue weighted by atomic mass is 9.60. The smallest absolute Gasteiger partial charge is 0.0616 e. The molecular weight excluding hydrogens is 432 g/mol. The van der Waals surface area contributed by atoms with E-state index in [1.807, 2.05) is 0 Å². The van der Waals surface area contributed by atoms with Gasteiger partial charge in [0.15, 0.2) is 0 Å². The Labute approximate surface area is 211 Å². The van der Waals surface area contributed by atoms with Gasteiger partial charge in [-0.3, -0.25) is 0 Å². The number of hydrogen-bond acceptors (Lipinski definition) is 0. The molecule has 0 aliphatic heterocycles. The van der Waals surface area contributed by atoms with E-state index in [1.54, 1.807) is 0 Å². The molecule has 1 atom stereocenters. The molecule has 0 amide bonds. The van der Waals surface area contributed by atoms with Crippen molar-refractivity contribution in [2.75, 3.05) is 0 Å². The van der Waals surface area contributed by atoms with Crippen molar-refractivity contribution in [2.45, 2.75) is 25.7 Å². The minimum atomic E-state index is -0.320. The fourth-order valence-electron chi connectivity index (χ4n) is 7.19. The van der Waals surface area contributed by atoms with E-state index in [4.69, 9.17) is 0 Å². The van der Waals surface area contributed by atoms with E-state index in [2.05, 4.69) is 123 Å². The molecule has 1 spiro atoms. The molecule has 8 rings (SSSR count). The van der Waals surface area contributed by atoms with Crippen LogP contribution in [-0.4, -0.2) is 0 Å². The van der Waals surface area contributed by atoms with E-state index in [0.29, 0.717) is 0 Å². The summed E-state index contributed by atoms with van der Waals surface area (Å²) in [5.74, 6) is 0. The molecule has 0 bridgehead atoms. The monoisotopic (exact) mass is 458 g/mol. The second kappa shape index (κ2) is 6.95. The molecule has 36 heavy (non-hydrogen) atoms. The Morgan fingerprint density at radius 3 is 1.97 bits per heavy atom. The largest absolute Gasteiger partial charge is 0.0719 e. The van der Waals surface area contributed by atoms with Crippen LogP contribution >= 0.6 is 0 Å². The van der Waals surface area contributed by atoms with Gasteiger partial charge in [-0.05, 0) is 86.3 Å². The maximum Gasteiger partial charge on any atom is 0.0719 e. The summed E-state index contributed by atoms with van der Waals surface area (Å²) in [6.07, 6.45) is 0.970. The van der Waals surface area contributed by atoms with Crippen LogP contribution in [-0.2, 0) is 11.8 Å². The Balaban J connectivity index is 1.64. The topological polar surface area (TPSA) is 0 Å². The van der Waals surface area contributed by atoms with Gasteiger partial charge in [-0.1, -0.05) is 120 Å². The Bertz CT molecular complexity index is 1890. The molecule has 0 heterocycles. The first-order valence-electron chi connectivity index (χ1n) is 12.9. The van der Waals surface area contributed by atoms with Crippen molar-refractivity contribution in [3.05, 3.63) is 154 Å². The molecule has 0 saturated heterocycles. The Kier molecular flexibility index (Phi) is 3.88. The average molecular weight is 459 g/mol. The Morgan fingerprint density at radius 2 is 1.17 bits per heavy atom. The lowest BCUT2D eigenvalue weighted by molar-refractivity contribution is 0.724. The maximum atomic E-state index is 2.46. The van der Waals surface area contributed by atoms with E-state index in [1.165, 1.54) is 77.2 Å². The van der Waals surface area contributed by atoms with E-state index in [-0.39, 0.29) is 5.41 Å². The predicted octanol–water partition coefficient (Wildman–Crippen LogP) is 8.88. The number of aryl methyl sites for hydroxylation is 2. The first-order chi connectivity index (χ1) is 17.7. The molecule has 0 aromatic heterocycles. The van der Waals surface area contributed by atoms with Crippen molar-refractivity contribution in [3.63, 3.8) is 0 Å². The van der Waals surface area contributed by atoms with Crippen LogP contribution in [0.3, 0.4) is 0 Å². The number of fused-ring (bicyclic) bond motifs is 13. The molecule has 0 heteroatoms. The van der Waals surface area contributed by atoms with Crippen LogP contribution in [0.2, 0.25) is 0 Å². The van der Waals surface area contributed by atoms with Crippen molar-refractivity contribution in [2.24, 2.45) is 0 Å². The average Bonchev–Trinajstić information content (AvgIpc) is 3.19. The van der Waals surface area contributed by atoms with Crippen molar-refractivity contribution < 1.29 is 0 Å².